The monoisotopic (exact) mass is 489 g/mol. The topological polar surface area (TPSA) is 63.6 Å². The van der Waals surface area contributed by atoms with E-state index in [0.717, 1.165) is 27.1 Å². The molecule has 3 aromatic carbocycles. The first-order valence-corrected chi connectivity index (χ1v) is 12.2. The molecule has 0 unspecified atom stereocenters. The summed E-state index contributed by atoms with van der Waals surface area (Å²) in [5, 5.41) is 4.77. The van der Waals surface area contributed by atoms with Crippen LogP contribution in [0.3, 0.4) is 0 Å². The number of hydrogen-bond donors (Lipinski definition) is 1. The number of carbonyl (C=O) groups excluding carboxylic acids is 2. The molecular formula is C27H24FN3O3S. The van der Waals surface area contributed by atoms with Gasteiger partial charge < -0.3 is 14.6 Å². The van der Waals surface area contributed by atoms with E-state index in [1.54, 1.807) is 7.11 Å². The Morgan fingerprint density at radius 1 is 1.09 bits per heavy atom. The molecule has 2 heterocycles. The van der Waals surface area contributed by atoms with E-state index in [1.165, 1.54) is 40.9 Å². The number of anilines is 1. The number of aryl methyl sites for hydroxylation is 1. The van der Waals surface area contributed by atoms with Gasteiger partial charge >= 0.3 is 0 Å². The third-order valence-corrected chi connectivity index (χ3v) is 7.38. The standard InChI is InChI=1S/C27H24FN3O3S/c1-30-21-9-5-4-8-20(21)24-25(26(33)29-15-17-7-3-6-10-22(17)34-2)31(23(32)16-35-27(24)30)19-13-11-18(28)12-14-19/h3-14,25H,15-16H2,1-2H3,(H,29,33)/t25-/m0/s1. The third kappa shape index (κ3) is 4.14. The highest BCUT2D eigenvalue weighted by Gasteiger charge is 2.39. The number of rotatable bonds is 5. The summed E-state index contributed by atoms with van der Waals surface area (Å²) in [7, 11) is 3.52. The van der Waals surface area contributed by atoms with Crippen molar-refractivity contribution in [2.75, 3.05) is 17.8 Å². The van der Waals surface area contributed by atoms with Gasteiger partial charge in [0.1, 0.15) is 17.6 Å². The average Bonchev–Trinajstić information content (AvgIpc) is 3.06. The van der Waals surface area contributed by atoms with Crippen LogP contribution in [0.25, 0.3) is 10.9 Å². The number of nitrogens with one attached hydrogen (secondary N) is 1. The van der Waals surface area contributed by atoms with E-state index >= 15 is 0 Å². The normalized spacial score (nSPS) is 15.6. The zero-order chi connectivity index (χ0) is 24.5. The number of aromatic nitrogens is 1. The Hall–Kier alpha value is -3.78. The fourth-order valence-electron chi connectivity index (χ4n) is 4.58. The molecule has 4 aromatic rings. The van der Waals surface area contributed by atoms with Gasteiger partial charge in [0.2, 0.25) is 11.8 Å². The highest BCUT2D eigenvalue weighted by molar-refractivity contribution is 8.00. The maximum atomic E-state index is 13.9. The number of ether oxygens (including phenoxy) is 1. The lowest BCUT2D eigenvalue weighted by molar-refractivity contribution is -0.125. The summed E-state index contributed by atoms with van der Waals surface area (Å²) in [5.41, 5.74) is 3.03. The summed E-state index contributed by atoms with van der Waals surface area (Å²) in [6.07, 6.45) is 0. The van der Waals surface area contributed by atoms with E-state index in [9.17, 15) is 14.0 Å². The number of methoxy groups -OCH3 is 1. The molecule has 8 heteroatoms. The minimum absolute atomic E-state index is 0.158. The molecule has 1 aliphatic heterocycles. The van der Waals surface area contributed by atoms with Gasteiger partial charge in [-0.2, -0.15) is 0 Å². The number of carbonyl (C=O) groups is 2. The van der Waals surface area contributed by atoms with Gasteiger partial charge in [-0.15, -0.1) is 0 Å². The Morgan fingerprint density at radius 3 is 2.57 bits per heavy atom. The lowest BCUT2D eigenvalue weighted by Crippen LogP contribution is -2.43. The Balaban J connectivity index is 1.63. The number of nitrogens with zero attached hydrogens (tertiary/aromatic N) is 2. The van der Waals surface area contributed by atoms with Crippen LogP contribution in [0.15, 0.2) is 77.8 Å². The second-order valence-electron chi connectivity index (χ2n) is 8.26. The van der Waals surface area contributed by atoms with Crippen molar-refractivity contribution in [2.45, 2.75) is 17.6 Å². The number of para-hydroxylation sites is 2. The van der Waals surface area contributed by atoms with Crippen LogP contribution in [0.2, 0.25) is 0 Å². The molecule has 0 saturated heterocycles. The van der Waals surface area contributed by atoms with Gasteiger partial charge in [-0.05, 0) is 36.4 Å². The van der Waals surface area contributed by atoms with Gasteiger partial charge in [0.15, 0.2) is 0 Å². The van der Waals surface area contributed by atoms with Crippen LogP contribution in [-0.4, -0.2) is 29.2 Å². The fourth-order valence-corrected chi connectivity index (χ4v) is 5.65. The first-order chi connectivity index (χ1) is 17.0. The SMILES string of the molecule is COc1ccccc1CNC(=O)[C@@H]1c2c(n(C)c3ccccc23)SCC(=O)N1c1ccc(F)cc1. The zero-order valence-electron chi connectivity index (χ0n) is 19.3. The third-order valence-electron chi connectivity index (χ3n) is 6.22. The summed E-state index contributed by atoms with van der Waals surface area (Å²) in [6, 6.07) is 20.0. The van der Waals surface area contributed by atoms with E-state index in [0.29, 0.717) is 11.4 Å². The molecule has 2 amide bonds. The van der Waals surface area contributed by atoms with Crippen LogP contribution in [0.5, 0.6) is 5.75 Å². The molecule has 1 atom stereocenters. The molecule has 6 nitrogen and oxygen atoms in total. The number of thioether (sulfide) groups is 1. The zero-order valence-corrected chi connectivity index (χ0v) is 20.1. The van der Waals surface area contributed by atoms with Crippen LogP contribution >= 0.6 is 11.8 Å². The summed E-state index contributed by atoms with van der Waals surface area (Å²) in [4.78, 5) is 28.8. The summed E-state index contributed by atoms with van der Waals surface area (Å²) in [5.74, 6) is -0.131. The van der Waals surface area contributed by atoms with Crippen LogP contribution in [0.4, 0.5) is 10.1 Å². The smallest absolute Gasteiger partial charge is 0.248 e. The minimum Gasteiger partial charge on any atom is -0.496 e. The Bertz CT molecular complexity index is 1420. The van der Waals surface area contributed by atoms with Crippen molar-refractivity contribution in [2.24, 2.45) is 7.05 Å². The van der Waals surface area contributed by atoms with Crippen LogP contribution in [0.1, 0.15) is 17.2 Å². The average molecular weight is 490 g/mol. The van der Waals surface area contributed by atoms with E-state index in [1.807, 2.05) is 60.1 Å². The molecule has 0 spiro atoms. The Kier molecular flexibility index (Phi) is 6.21. The summed E-state index contributed by atoms with van der Waals surface area (Å²) < 4.78 is 21.2. The van der Waals surface area contributed by atoms with E-state index in [2.05, 4.69) is 5.32 Å². The van der Waals surface area contributed by atoms with Crippen LogP contribution in [0, 0.1) is 5.82 Å². The molecule has 0 saturated carbocycles. The van der Waals surface area contributed by atoms with Crippen LogP contribution in [-0.2, 0) is 23.2 Å². The number of benzene rings is 3. The molecule has 35 heavy (non-hydrogen) atoms. The van der Waals surface area contributed by atoms with Gasteiger partial charge in [0.05, 0.1) is 17.9 Å². The molecule has 0 bridgehead atoms. The molecule has 0 fully saturated rings. The van der Waals surface area contributed by atoms with Gasteiger partial charge in [-0.3, -0.25) is 14.5 Å². The molecule has 0 aliphatic carbocycles. The predicted molar refractivity (Wildman–Crippen MR) is 135 cm³/mol. The number of fused-ring (bicyclic) bond motifs is 3. The second kappa shape index (κ2) is 9.46. The van der Waals surface area contributed by atoms with E-state index < -0.39 is 11.9 Å². The van der Waals surface area contributed by atoms with Crippen molar-refractivity contribution in [1.82, 2.24) is 9.88 Å². The molecule has 178 valence electrons. The van der Waals surface area contributed by atoms with Gasteiger partial charge in [-0.1, -0.05) is 48.2 Å². The molecule has 1 aromatic heterocycles. The second-order valence-corrected chi connectivity index (χ2v) is 9.22. The van der Waals surface area contributed by atoms with Gasteiger partial charge in [-0.25, -0.2) is 4.39 Å². The minimum atomic E-state index is -0.932. The number of halogens is 1. The molecule has 1 aliphatic rings. The van der Waals surface area contributed by atoms with Crippen molar-refractivity contribution < 1.29 is 18.7 Å². The maximum Gasteiger partial charge on any atom is 0.248 e. The number of amides is 2. The Labute approximate surface area is 206 Å². The van der Waals surface area contributed by atoms with Crippen LogP contribution < -0.4 is 15.0 Å². The summed E-state index contributed by atoms with van der Waals surface area (Å²) >= 11 is 1.41. The molecule has 1 N–H and O–H groups in total. The largest absolute Gasteiger partial charge is 0.496 e. The first-order valence-electron chi connectivity index (χ1n) is 11.2. The molecule has 0 radical (unpaired) electrons. The van der Waals surface area contributed by atoms with Crippen molar-refractivity contribution >= 4 is 40.2 Å². The van der Waals surface area contributed by atoms with Crippen molar-refractivity contribution in [3.63, 3.8) is 0 Å². The van der Waals surface area contributed by atoms with Crippen molar-refractivity contribution in [1.29, 1.82) is 0 Å². The molecule has 5 rings (SSSR count). The van der Waals surface area contributed by atoms with Crippen molar-refractivity contribution in [3.8, 4) is 5.75 Å². The van der Waals surface area contributed by atoms with Crippen molar-refractivity contribution in [3.05, 3.63) is 89.7 Å². The highest BCUT2D eigenvalue weighted by atomic mass is 32.2. The number of hydrogen-bond acceptors (Lipinski definition) is 4. The lowest BCUT2D eigenvalue weighted by atomic mass is 10.0. The highest BCUT2D eigenvalue weighted by Crippen LogP contribution is 2.43. The van der Waals surface area contributed by atoms with Gasteiger partial charge in [0, 0.05) is 41.3 Å². The summed E-state index contributed by atoms with van der Waals surface area (Å²) in [6.45, 7) is 0.234. The molecular weight excluding hydrogens is 465 g/mol. The Morgan fingerprint density at radius 2 is 1.80 bits per heavy atom. The van der Waals surface area contributed by atoms with E-state index in [4.69, 9.17) is 4.74 Å². The lowest BCUT2D eigenvalue weighted by Gasteiger charge is -2.30. The maximum absolute atomic E-state index is 13.9. The predicted octanol–water partition coefficient (Wildman–Crippen LogP) is 4.82. The quantitative estimate of drug-likeness (QED) is 0.437. The van der Waals surface area contributed by atoms with Gasteiger partial charge in [0.25, 0.3) is 0 Å². The van der Waals surface area contributed by atoms with E-state index in [-0.39, 0.29) is 24.1 Å². The first kappa shape index (κ1) is 23.0. The fraction of sp³-hybridized carbons (Fsp3) is 0.185.